The van der Waals surface area contributed by atoms with Gasteiger partial charge in [-0.15, -0.1) is 0 Å². The molecule has 0 N–H and O–H groups in total. The summed E-state index contributed by atoms with van der Waals surface area (Å²) in [6, 6.07) is 10.8. The molecule has 3 aromatic rings. The number of aryl methyl sites for hydroxylation is 1. The minimum Gasteiger partial charge on any atom is -0.444 e. The van der Waals surface area contributed by atoms with Crippen molar-refractivity contribution in [3.8, 4) is 5.69 Å². The fourth-order valence-corrected chi connectivity index (χ4v) is 4.64. The first-order valence-electron chi connectivity index (χ1n) is 12.0. The summed E-state index contributed by atoms with van der Waals surface area (Å²) in [7, 11) is 0. The van der Waals surface area contributed by atoms with Gasteiger partial charge in [0.2, 0.25) is 0 Å². The smallest absolute Gasteiger partial charge is 0.410 e. The number of carbonyl (C=O) groups excluding carboxylic acids is 1. The third-order valence-corrected chi connectivity index (χ3v) is 6.13. The number of ether oxygens (including phenoxy) is 1. The van der Waals surface area contributed by atoms with E-state index in [2.05, 4.69) is 42.9 Å². The Morgan fingerprint density at radius 1 is 1.18 bits per heavy atom. The number of hydrogen-bond acceptors (Lipinski definition) is 4. The fourth-order valence-electron chi connectivity index (χ4n) is 4.64. The maximum atomic E-state index is 13.4. The number of fused-ring (bicyclic) bond motifs is 1. The number of halogens is 1. The van der Waals surface area contributed by atoms with E-state index < -0.39 is 5.60 Å². The molecule has 2 heterocycles. The summed E-state index contributed by atoms with van der Waals surface area (Å²) in [6.45, 7) is 15.2. The van der Waals surface area contributed by atoms with E-state index in [0.717, 1.165) is 35.2 Å². The lowest BCUT2D eigenvalue weighted by Crippen LogP contribution is -2.52. The maximum Gasteiger partial charge on any atom is 0.410 e. The highest BCUT2D eigenvalue weighted by atomic mass is 19.1. The summed E-state index contributed by atoms with van der Waals surface area (Å²) in [5, 5.41) is 5.59. The fraction of sp³-hybridized carbons (Fsp3) is 0.481. The molecule has 2 aromatic carbocycles. The predicted octanol–water partition coefficient (Wildman–Crippen LogP) is 5.72. The van der Waals surface area contributed by atoms with Crippen LogP contribution in [0, 0.1) is 18.7 Å². The van der Waals surface area contributed by atoms with E-state index in [-0.39, 0.29) is 18.0 Å². The molecule has 4 rings (SSSR count). The number of piperazine rings is 1. The van der Waals surface area contributed by atoms with Gasteiger partial charge >= 0.3 is 6.09 Å². The number of benzene rings is 2. The van der Waals surface area contributed by atoms with Gasteiger partial charge in [-0.2, -0.15) is 5.10 Å². The van der Waals surface area contributed by atoms with E-state index in [1.165, 1.54) is 17.7 Å². The lowest BCUT2D eigenvalue weighted by atomic mass is 9.95. The third-order valence-electron chi connectivity index (χ3n) is 6.13. The second-order valence-corrected chi connectivity index (χ2v) is 10.6. The van der Waals surface area contributed by atoms with Crippen molar-refractivity contribution in [2.75, 3.05) is 26.2 Å². The molecule has 0 bridgehead atoms. The summed E-state index contributed by atoms with van der Waals surface area (Å²) in [4.78, 5) is 17.2. The standard InChI is InChI=1S/C27H35FN4O2/c1-18(2)16-30-11-12-31(26(33)34-27(4,5)6)17-25(30)23-14-20-15-29-32(24(20)13-19(23)3)22-9-7-21(28)8-10-22/h7-10,13-15,18,25H,11-12,16-17H2,1-6H3. The molecule has 1 aliphatic rings. The van der Waals surface area contributed by atoms with Crippen molar-refractivity contribution >= 4 is 17.0 Å². The zero-order chi connectivity index (χ0) is 24.6. The van der Waals surface area contributed by atoms with Gasteiger partial charge in [0, 0.05) is 31.6 Å². The van der Waals surface area contributed by atoms with Gasteiger partial charge < -0.3 is 9.64 Å². The molecule has 0 saturated carbocycles. The first-order chi connectivity index (χ1) is 16.0. The molecule has 0 radical (unpaired) electrons. The highest BCUT2D eigenvalue weighted by Crippen LogP contribution is 2.33. The van der Waals surface area contributed by atoms with E-state index in [9.17, 15) is 9.18 Å². The van der Waals surface area contributed by atoms with E-state index >= 15 is 0 Å². The molecule has 1 fully saturated rings. The Morgan fingerprint density at radius 3 is 2.53 bits per heavy atom. The predicted molar refractivity (Wildman–Crippen MR) is 133 cm³/mol. The molecule has 1 aliphatic heterocycles. The third kappa shape index (κ3) is 5.25. The highest BCUT2D eigenvalue weighted by Gasteiger charge is 2.34. The molecule has 1 atom stereocenters. The number of amides is 1. The van der Waals surface area contributed by atoms with Crippen LogP contribution in [-0.4, -0.2) is 57.5 Å². The van der Waals surface area contributed by atoms with Crippen LogP contribution in [0.5, 0.6) is 0 Å². The zero-order valence-corrected chi connectivity index (χ0v) is 21.0. The van der Waals surface area contributed by atoms with Crippen molar-refractivity contribution in [2.45, 2.75) is 53.2 Å². The van der Waals surface area contributed by atoms with Gasteiger partial charge in [-0.25, -0.2) is 13.9 Å². The Balaban J connectivity index is 1.69. The highest BCUT2D eigenvalue weighted by molar-refractivity contribution is 5.82. The number of carbonyl (C=O) groups is 1. The van der Waals surface area contributed by atoms with Crippen molar-refractivity contribution in [1.82, 2.24) is 19.6 Å². The second kappa shape index (κ2) is 9.37. The van der Waals surface area contributed by atoms with Crippen LogP contribution in [0.15, 0.2) is 42.6 Å². The topological polar surface area (TPSA) is 50.6 Å². The normalized spacial score (nSPS) is 17.5. The van der Waals surface area contributed by atoms with Crippen LogP contribution in [0.3, 0.4) is 0 Å². The zero-order valence-electron chi connectivity index (χ0n) is 21.0. The van der Waals surface area contributed by atoms with Gasteiger partial charge in [-0.05, 0) is 81.1 Å². The van der Waals surface area contributed by atoms with Gasteiger partial charge in [-0.1, -0.05) is 13.8 Å². The molecular formula is C27H35FN4O2. The molecule has 7 heteroatoms. The van der Waals surface area contributed by atoms with Crippen LogP contribution in [-0.2, 0) is 4.74 Å². The lowest BCUT2D eigenvalue weighted by Gasteiger charge is -2.43. The Kier molecular flexibility index (Phi) is 6.67. The first kappa shape index (κ1) is 24.2. The molecule has 34 heavy (non-hydrogen) atoms. The summed E-state index contributed by atoms with van der Waals surface area (Å²) < 4.78 is 20.9. The van der Waals surface area contributed by atoms with Gasteiger partial charge in [0.1, 0.15) is 11.4 Å². The Labute approximate surface area is 201 Å². The Bertz CT molecular complexity index is 1160. The average molecular weight is 467 g/mol. The molecule has 0 spiro atoms. The van der Waals surface area contributed by atoms with Gasteiger partial charge in [0.15, 0.2) is 0 Å². The lowest BCUT2D eigenvalue weighted by molar-refractivity contribution is 0.00166. The largest absolute Gasteiger partial charge is 0.444 e. The van der Waals surface area contributed by atoms with Crippen molar-refractivity contribution in [3.63, 3.8) is 0 Å². The van der Waals surface area contributed by atoms with Crippen LogP contribution in [0.1, 0.15) is 51.8 Å². The number of nitrogens with zero attached hydrogens (tertiary/aromatic N) is 4. The molecule has 182 valence electrons. The minimum absolute atomic E-state index is 0.0715. The van der Waals surface area contributed by atoms with E-state index in [1.54, 1.807) is 12.1 Å². The molecule has 0 aliphatic carbocycles. The van der Waals surface area contributed by atoms with Crippen molar-refractivity contribution in [2.24, 2.45) is 5.92 Å². The number of hydrogen-bond donors (Lipinski definition) is 0. The minimum atomic E-state index is -0.522. The van der Waals surface area contributed by atoms with Crippen molar-refractivity contribution in [3.05, 3.63) is 59.5 Å². The number of rotatable bonds is 4. The monoisotopic (exact) mass is 466 g/mol. The summed E-state index contributed by atoms with van der Waals surface area (Å²) in [5.41, 5.74) is 3.61. The van der Waals surface area contributed by atoms with E-state index in [0.29, 0.717) is 19.0 Å². The molecular weight excluding hydrogens is 431 g/mol. The van der Waals surface area contributed by atoms with Crippen LogP contribution >= 0.6 is 0 Å². The van der Waals surface area contributed by atoms with Crippen LogP contribution < -0.4 is 0 Å². The van der Waals surface area contributed by atoms with Gasteiger partial charge in [-0.3, -0.25) is 4.90 Å². The Morgan fingerprint density at radius 2 is 1.88 bits per heavy atom. The van der Waals surface area contributed by atoms with Crippen LogP contribution in [0.25, 0.3) is 16.6 Å². The molecule has 1 aromatic heterocycles. The summed E-state index contributed by atoms with van der Waals surface area (Å²) >= 11 is 0. The summed E-state index contributed by atoms with van der Waals surface area (Å²) in [5.74, 6) is 0.247. The van der Waals surface area contributed by atoms with Crippen molar-refractivity contribution in [1.29, 1.82) is 0 Å². The molecule has 1 unspecified atom stereocenters. The molecule has 1 amide bonds. The van der Waals surface area contributed by atoms with E-state index in [4.69, 9.17) is 4.74 Å². The number of aromatic nitrogens is 2. The Hall–Kier alpha value is -2.93. The van der Waals surface area contributed by atoms with Gasteiger partial charge in [0.25, 0.3) is 0 Å². The van der Waals surface area contributed by atoms with Gasteiger partial charge in [0.05, 0.1) is 23.4 Å². The SMILES string of the molecule is Cc1cc2c(cnn2-c2ccc(F)cc2)cc1C1CN(C(=O)OC(C)(C)C)CCN1CC(C)C. The van der Waals surface area contributed by atoms with Crippen LogP contribution in [0.4, 0.5) is 9.18 Å². The second-order valence-electron chi connectivity index (χ2n) is 10.6. The van der Waals surface area contributed by atoms with Crippen molar-refractivity contribution < 1.29 is 13.9 Å². The maximum absolute atomic E-state index is 13.4. The quantitative estimate of drug-likeness (QED) is 0.493. The average Bonchev–Trinajstić information content (AvgIpc) is 3.15. The summed E-state index contributed by atoms with van der Waals surface area (Å²) in [6.07, 6.45) is 1.59. The molecule has 1 saturated heterocycles. The first-order valence-corrected chi connectivity index (χ1v) is 12.0. The van der Waals surface area contributed by atoms with E-state index in [1.807, 2.05) is 36.5 Å². The molecule has 6 nitrogen and oxygen atoms in total. The van der Waals surface area contributed by atoms with Crippen LogP contribution in [0.2, 0.25) is 0 Å².